The van der Waals surface area contributed by atoms with Crippen molar-refractivity contribution in [3.63, 3.8) is 0 Å². The Hall–Kier alpha value is -2.06. The first-order valence-electron chi connectivity index (χ1n) is 10.0. The molecule has 1 amide bonds. The van der Waals surface area contributed by atoms with Gasteiger partial charge in [-0.2, -0.15) is 0 Å². The number of nitrogens with zero attached hydrogens (tertiary/aromatic N) is 2. The molecule has 1 atom stereocenters. The summed E-state index contributed by atoms with van der Waals surface area (Å²) in [6.07, 6.45) is 1.71. The van der Waals surface area contributed by atoms with Crippen molar-refractivity contribution in [2.24, 2.45) is 0 Å². The zero-order chi connectivity index (χ0) is 21.2. The van der Waals surface area contributed by atoms with Crippen molar-refractivity contribution in [3.05, 3.63) is 48.2 Å². The summed E-state index contributed by atoms with van der Waals surface area (Å²) >= 11 is 0. The number of carbonyl (C=O) groups excluding carboxylic acids is 1. The lowest BCUT2D eigenvalue weighted by Gasteiger charge is -2.37. The number of hydrogen-bond acceptors (Lipinski definition) is 5. The fourth-order valence-electron chi connectivity index (χ4n) is 3.41. The Labute approximate surface area is 174 Å². The quantitative estimate of drug-likeness (QED) is 0.549. The number of aromatic nitrogens is 1. The van der Waals surface area contributed by atoms with Crippen molar-refractivity contribution in [2.45, 2.75) is 44.8 Å². The van der Waals surface area contributed by atoms with Gasteiger partial charge in [-0.1, -0.05) is 45.0 Å². The van der Waals surface area contributed by atoms with Gasteiger partial charge in [0.25, 0.3) is 0 Å². The summed E-state index contributed by atoms with van der Waals surface area (Å²) < 4.78 is 6.33. The van der Waals surface area contributed by atoms with Crippen LogP contribution in [0.4, 0.5) is 5.82 Å². The molecule has 2 aromatic rings. The van der Waals surface area contributed by atoms with E-state index < -0.39 is 14.2 Å². The minimum absolute atomic E-state index is 0.0877. The number of benzene rings is 1. The van der Waals surface area contributed by atoms with Crippen LogP contribution >= 0.6 is 0 Å². The SMILES string of the molecule is CC(C)(C)[Si](C)(C)OCCN1C(=O)C(CNO)c2ccccc2-c2cccnc21. The van der Waals surface area contributed by atoms with Crippen molar-refractivity contribution < 1.29 is 14.4 Å². The van der Waals surface area contributed by atoms with E-state index >= 15 is 0 Å². The number of fused-ring (bicyclic) bond motifs is 3. The molecule has 7 heteroatoms. The summed E-state index contributed by atoms with van der Waals surface area (Å²) in [4.78, 5) is 19.8. The smallest absolute Gasteiger partial charge is 0.237 e. The third kappa shape index (κ3) is 4.28. The van der Waals surface area contributed by atoms with Crippen LogP contribution in [0, 0.1) is 0 Å². The molecule has 6 nitrogen and oxygen atoms in total. The van der Waals surface area contributed by atoms with Gasteiger partial charge in [-0.25, -0.2) is 10.5 Å². The highest BCUT2D eigenvalue weighted by molar-refractivity contribution is 6.74. The molecule has 29 heavy (non-hydrogen) atoms. The van der Waals surface area contributed by atoms with Crippen LogP contribution in [0.25, 0.3) is 11.1 Å². The molecule has 1 aliphatic rings. The highest BCUT2D eigenvalue weighted by Gasteiger charge is 2.38. The van der Waals surface area contributed by atoms with Crippen LogP contribution < -0.4 is 10.4 Å². The second kappa shape index (κ2) is 8.35. The van der Waals surface area contributed by atoms with Gasteiger partial charge in [0.05, 0.1) is 12.5 Å². The average Bonchev–Trinajstić information content (AvgIpc) is 2.77. The van der Waals surface area contributed by atoms with Crippen molar-refractivity contribution in [3.8, 4) is 11.1 Å². The Bertz CT molecular complexity index is 880. The van der Waals surface area contributed by atoms with Crippen LogP contribution in [-0.4, -0.2) is 44.1 Å². The maximum absolute atomic E-state index is 13.5. The number of rotatable bonds is 6. The fourth-order valence-corrected chi connectivity index (χ4v) is 4.44. The van der Waals surface area contributed by atoms with Gasteiger partial charge in [-0.15, -0.1) is 0 Å². The summed E-state index contributed by atoms with van der Waals surface area (Å²) in [5.41, 5.74) is 4.97. The Morgan fingerprint density at radius 1 is 1.17 bits per heavy atom. The van der Waals surface area contributed by atoms with E-state index in [1.54, 1.807) is 11.1 Å². The van der Waals surface area contributed by atoms with Gasteiger partial charge >= 0.3 is 0 Å². The second-order valence-corrected chi connectivity index (χ2v) is 13.8. The monoisotopic (exact) mass is 413 g/mol. The Kier molecular flexibility index (Phi) is 6.23. The van der Waals surface area contributed by atoms with Gasteiger partial charge in [0.2, 0.25) is 5.91 Å². The van der Waals surface area contributed by atoms with E-state index in [1.165, 1.54) is 0 Å². The van der Waals surface area contributed by atoms with Gasteiger partial charge in [0, 0.05) is 24.8 Å². The zero-order valence-corrected chi connectivity index (χ0v) is 18.9. The van der Waals surface area contributed by atoms with Crippen molar-refractivity contribution in [2.75, 3.05) is 24.6 Å². The van der Waals surface area contributed by atoms with Gasteiger partial charge in [0.1, 0.15) is 5.82 Å². The number of amides is 1. The normalized spacial score (nSPS) is 17.0. The first-order valence-corrected chi connectivity index (χ1v) is 12.9. The van der Waals surface area contributed by atoms with Crippen LogP contribution in [0.3, 0.4) is 0 Å². The predicted molar refractivity (Wildman–Crippen MR) is 118 cm³/mol. The fraction of sp³-hybridized carbons (Fsp3) is 0.455. The lowest BCUT2D eigenvalue weighted by molar-refractivity contribution is -0.120. The number of anilines is 1. The van der Waals surface area contributed by atoms with E-state index in [1.807, 2.05) is 36.4 Å². The van der Waals surface area contributed by atoms with Gasteiger partial charge < -0.3 is 9.63 Å². The maximum atomic E-state index is 13.5. The first kappa shape index (κ1) is 21.6. The molecular formula is C22H31N3O3Si. The summed E-state index contributed by atoms with van der Waals surface area (Å²) in [5, 5.41) is 9.48. The van der Waals surface area contributed by atoms with Crippen LogP contribution in [0.5, 0.6) is 0 Å². The predicted octanol–water partition coefficient (Wildman–Crippen LogP) is 4.18. The molecule has 1 unspecified atom stereocenters. The maximum Gasteiger partial charge on any atom is 0.237 e. The average molecular weight is 414 g/mol. The molecule has 1 aromatic carbocycles. The van der Waals surface area contributed by atoms with Crippen LogP contribution in [0.15, 0.2) is 42.6 Å². The first-order chi connectivity index (χ1) is 13.7. The number of carbonyl (C=O) groups is 1. The van der Waals surface area contributed by atoms with Gasteiger partial charge in [-0.05, 0) is 41.4 Å². The third-order valence-electron chi connectivity index (χ3n) is 6.11. The van der Waals surface area contributed by atoms with Crippen LogP contribution in [0.2, 0.25) is 18.1 Å². The Morgan fingerprint density at radius 3 is 2.55 bits per heavy atom. The molecule has 0 radical (unpaired) electrons. The van der Waals surface area contributed by atoms with Crippen molar-refractivity contribution >= 4 is 20.0 Å². The molecular weight excluding hydrogens is 382 g/mol. The van der Waals surface area contributed by atoms with Crippen molar-refractivity contribution in [1.29, 1.82) is 0 Å². The Morgan fingerprint density at radius 2 is 1.86 bits per heavy atom. The third-order valence-corrected chi connectivity index (χ3v) is 10.7. The van der Waals surface area contributed by atoms with Crippen LogP contribution in [-0.2, 0) is 9.22 Å². The molecule has 0 aliphatic carbocycles. The lowest BCUT2D eigenvalue weighted by Crippen LogP contribution is -2.45. The molecule has 1 aliphatic heterocycles. The van der Waals surface area contributed by atoms with E-state index in [-0.39, 0.29) is 17.5 Å². The standard InChI is InChI=1S/C22H31N3O3Si/c1-22(2,3)29(4,5)28-14-13-25-20-18(11-8-12-23-20)16-9-6-7-10-17(16)19(15-24-27)21(25)26/h6-12,19,24,27H,13-15H2,1-5H3. The molecule has 0 saturated heterocycles. The van der Waals surface area contributed by atoms with Crippen molar-refractivity contribution in [1.82, 2.24) is 10.5 Å². The molecule has 0 bridgehead atoms. The Balaban J connectivity index is 1.96. The summed E-state index contributed by atoms with van der Waals surface area (Å²) in [6, 6.07) is 11.7. The second-order valence-electron chi connectivity index (χ2n) is 8.98. The van der Waals surface area contributed by atoms with E-state index in [4.69, 9.17) is 4.43 Å². The zero-order valence-electron chi connectivity index (χ0n) is 17.9. The number of hydrogen-bond donors (Lipinski definition) is 2. The van der Waals surface area contributed by atoms with E-state index in [0.717, 1.165) is 16.7 Å². The molecule has 156 valence electrons. The minimum atomic E-state index is -1.92. The topological polar surface area (TPSA) is 74.7 Å². The molecule has 2 heterocycles. The largest absolute Gasteiger partial charge is 0.415 e. The highest BCUT2D eigenvalue weighted by atomic mass is 28.4. The lowest BCUT2D eigenvalue weighted by atomic mass is 9.91. The molecule has 3 rings (SSSR count). The van der Waals surface area contributed by atoms with E-state index in [9.17, 15) is 10.0 Å². The highest BCUT2D eigenvalue weighted by Crippen LogP contribution is 2.40. The molecule has 0 spiro atoms. The number of pyridine rings is 1. The summed E-state index contributed by atoms with van der Waals surface area (Å²) in [5.74, 6) is 0.0535. The van der Waals surface area contributed by atoms with Gasteiger partial charge in [-0.3, -0.25) is 9.69 Å². The minimum Gasteiger partial charge on any atom is -0.415 e. The number of hydroxylamine groups is 1. The van der Waals surface area contributed by atoms with Gasteiger partial charge in [0.15, 0.2) is 8.32 Å². The summed E-state index contributed by atoms with van der Waals surface area (Å²) in [6.45, 7) is 12.0. The molecule has 0 saturated carbocycles. The molecule has 1 aromatic heterocycles. The summed E-state index contributed by atoms with van der Waals surface area (Å²) in [7, 11) is -1.92. The van der Waals surface area contributed by atoms with Crippen LogP contribution in [0.1, 0.15) is 32.3 Å². The molecule has 0 fully saturated rings. The number of nitrogens with one attached hydrogen (secondary N) is 1. The van der Waals surface area contributed by atoms with E-state index in [0.29, 0.717) is 19.0 Å². The molecule has 2 N–H and O–H groups in total. The van der Waals surface area contributed by atoms with E-state index in [2.05, 4.69) is 44.3 Å².